The average molecular weight is 332 g/mol. The molecular weight excluding hydrogens is 321 g/mol. The second kappa shape index (κ2) is 6.22. The standard InChI is InChI=1S/C16H11Cl2N3O/c17-11-6-7-14(13(18)8-11)20-16(22)15-9-19-10-21(15)12-4-2-1-3-5-12/h1-10H,(H,20,22). The summed E-state index contributed by atoms with van der Waals surface area (Å²) in [6.07, 6.45) is 3.10. The quantitative estimate of drug-likeness (QED) is 0.771. The van der Waals surface area contributed by atoms with Crippen LogP contribution in [-0.4, -0.2) is 15.5 Å². The fourth-order valence-electron chi connectivity index (χ4n) is 2.03. The van der Waals surface area contributed by atoms with Crippen LogP contribution in [-0.2, 0) is 0 Å². The highest BCUT2D eigenvalue weighted by atomic mass is 35.5. The third kappa shape index (κ3) is 2.98. The molecule has 3 aromatic rings. The van der Waals surface area contributed by atoms with E-state index < -0.39 is 0 Å². The van der Waals surface area contributed by atoms with E-state index in [2.05, 4.69) is 10.3 Å². The number of halogens is 2. The number of carbonyl (C=O) groups excluding carboxylic acids is 1. The van der Waals surface area contributed by atoms with Crippen molar-refractivity contribution in [1.82, 2.24) is 9.55 Å². The second-order valence-corrected chi connectivity index (χ2v) is 5.41. The van der Waals surface area contributed by atoms with E-state index in [1.54, 1.807) is 29.1 Å². The van der Waals surface area contributed by atoms with E-state index in [0.29, 0.717) is 21.4 Å². The van der Waals surface area contributed by atoms with E-state index >= 15 is 0 Å². The van der Waals surface area contributed by atoms with Crippen molar-refractivity contribution < 1.29 is 4.79 Å². The van der Waals surface area contributed by atoms with Crippen LogP contribution in [0, 0.1) is 0 Å². The number of nitrogens with zero attached hydrogens (tertiary/aromatic N) is 2. The summed E-state index contributed by atoms with van der Waals surface area (Å²) >= 11 is 11.9. The maximum absolute atomic E-state index is 12.4. The fraction of sp³-hybridized carbons (Fsp3) is 0. The highest BCUT2D eigenvalue weighted by Gasteiger charge is 2.14. The molecule has 0 aliphatic carbocycles. The van der Waals surface area contributed by atoms with Gasteiger partial charge in [0.15, 0.2) is 0 Å². The molecule has 0 radical (unpaired) electrons. The zero-order valence-electron chi connectivity index (χ0n) is 11.3. The number of anilines is 1. The zero-order chi connectivity index (χ0) is 15.5. The van der Waals surface area contributed by atoms with Crippen LogP contribution in [0.4, 0.5) is 5.69 Å². The first-order valence-electron chi connectivity index (χ1n) is 6.49. The third-order valence-electron chi connectivity index (χ3n) is 3.08. The van der Waals surface area contributed by atoms with Crippen molar-refractivity contribution in [1.29, 1.82) is 0 Å². The van der Waals surface area contributed by atoms with E-state index in [1.165, 1.54) is 6.20 Å². The topological polar surface area (TPSA) is 46.9 Å². The van der Waals surface area contributed by atoms with Gasteiger partial charge in [-0.25, -0.2) is 4.98 Å². The molecule has 0 fully saturated rings. The Balaban J connectivity index is 1.89. The molecule has 6 heteroatoms. The van der Waals surface area contributed by atoms with E-state index in [4.69, 9.17) is 23.2 Å². The van der Waals surface area contributed by atoms with Gasteiger partial charge in [-0.05, 0) is 30.3 Å². The van der Waals surface area contributed by atoms with Crippen LogP contribution in [0.25, 0.3) is 5.69 Å². The number of imidazole rings is 1. The summed E-state index contributed by atoms with van der Waals surface area (Å²) in [5.41, 5.74) is 1.77. The number of para-hydroxylation sites is 1. The summed E-state index contributed by atoms with van der Waals surface area (Å²) in [6, 6.07) is 14.4. The molecule has 1 amide bonds. The van der Waals surface area contributed by atoms with Gasteiger partial charge in [0.1, 0.15) is 5.69 Å². The molecular formula is C16H11Cl2N3O. The number of benzene rings is 2. The average Bonchev–Trinajstić information content (AvgIpc) is 3.00. The number of carbonyl (C=O) groups is 1. The molecule has 0 spiro atoms. The van der Waals surface area contributed by atoms with Crippen molar-refractivity contribution in [3.63, 3.8) is 0 Å². The van der Waals surface area contributed by atoms with Gasteiger partial charge >= 0.3 is 0 Å². The first kappa shape index (κ1) is 14.6. The van der Waals surface area contributed by atoms with Gasteiger partial charge in [0, 0.05) is 10.7 Å². The number of hydrogen-bond donors (Lipinski definition) is 1. The Labute approximate surface area is 137 Å². The fourth-order valence-corrected chi connectivity index (χ4v) is 2.49. The summed E-state index contributed by atoms with van der Waals surface area (Å²) in [4.78, 5) is 16.5. The summed E-state index contributed by atoms with van der Waals surface area (Å²) in [6.45, 7) is 0. The molecule has 1 N–H and O–H groups in total. The molecule has 1 heterocycles. The molecule has 2 aromatic carbocycles. The first-order chi connectivity index (χ1) is 10.6. The van der Waals surface area contributed by atoms with Crippen molar-refractivity contribution >= 4 is 34.8 Å². The van der Waals surface area contributed by atoms with Gasteiger partial charge in [-0.15, -0.1) is 0 Å². The van der Waals surface area contributed by atoms with Gasteiger partial charge < -0.3 is 5.32 Å². The minimum atomic E-state index is -0.300. The molecule has 4 nitrogen and oxygen atoms in total. The van der Waals surface area contributed by atoms with Crippen molar-refractivity contribution in [2.75, 3.05) is 5.32 Å². The van der Waals surface area contributed by atoms with Crippen molar-refractivity contribution in [3.05, 3.63) is 76.8 Å². The summed E-state index contributed by atoms with van der Waals surface area (Å²) in [7, 11) is 0. The van der Waals surface area contributed by atoms with Crippen LogP contribution in [0.15, 0.2) is 61.1 Å². The Bertz CT molecular complexity index is 815. The molecule has 0 aliphatic rings. The number of rotatable bonds is 3. The maximum atomic E-state index is 12.4. The Hall–Kier alpha value is -2.30. The minimum absolute atomic E-state index is 0.300. The second-order valence-electron chi connectivity index (χ2n) is 4.56. The van der Waals surface area contributed by atoms with E-state index in [1.807, 2.05) is 30.3 Å². The van der Waals surface area contributed by atoms with E-state index in [-0.39, 0.29) is 5.91 Å². The predicted octanol–water partition coefficient (Wildman–Crippen LogP) is 4.43. The monoisotopic (exact) mass is 331 g/mol. The molecule has 0 aliphatic heterocycles. The molecule has 0 atom stereocenters. The number of amides is 1. The van der Waals surface area contributed by atoms with Gasteiger partial charge in [-0.1, -0.05) is 41.4 Å². The lowest BCUT2D eigenvalue weighted by atomic mass is 10.3. The SMILES string of the molecule is O=C(Nc1ccc(Cl)cc1Cl)c1cncn1-c1ccccc1. The molecule has 0 unspecified atom stereocenters. The molecule has 0 saturated heterocycles. The molecule has 0 bridgehead atoms. The van der Waals surface area contributed by atoms with Crippen LogP contribution in [0.3, 0.4) is 0 Å². The van der Waals surface area contributed by atoms with Crippen LogP contribution in [0.1, 0.15) is 10.5 Å². The van der Waals surface area contributed by atoms with Crippen LogP contribution < -0.4 is 5.32 Å². The highest BCUT2D eigenvalue weighted by Crippen LogP contribution is 2.26. The molecule has 0 saturated carbocycles. The number of nitrogens with one attached hydrogen (secondary N) is 1. The zero-order valence-corrected chi connectivity index (χ0v) is 12.8. The minimum Gasteiger partial charge on any atom is -0.319 e. The van der Waals surface area contributed by atoms with E-state index in [0.717, 1.165) is 5.69 Å². The Morgan fingerprint density at radius 1 is 1.09 bits per heavy atom. The van der Waals surface area contributed by atoms with Crippen molar-refractivity contribution in [3.8, 4) is 5.69 Å². The highest BCUT2D eigenvalue weighted by molar-refractivity contribution is 6.36. The summed E-state index contributed by atoms with van der Waals surface area (Å²) in [5.74, 6) is -0.300. The number of hydrogen-bond acceptors (Lipinski definition) is 2. The van der Waals surface area contributed by atoms with Gasteiger partial charge in [0.05, 0.1) is 23.2 Å². The van der Waals surface area contributed by atoms with E-state index in [9.17, 15) is 4.79 Å². The van der Waals surface area contributed by atoms with Crippen molar-refractivity contribution in [2.24, 2.45) is 0 Å². The van der Waals surface area contributed by atoms with Gasteiger partial charge in [-0.3, -0.25) is 9.36 Å². The van der Waals surface area contributed by atoms with Gasteiger partial charge in [0.25, 0.3) is 5.91 Å². The first-order valence-corrected chi connectivity index (χ1v) is 7.25. The van der Waals surface area contributed by atoms with Crippen LogP contribution in [0.5, 0.6) is 0 Å². The summed E-state index contributed by atoms with van der Waals surface area (Å²) in [5, 5.41) is 3.65. The third-order valence-corrected chi connectivity index (χ3v) is 3.63. The van der Waals surface area contributed by atoms with Crippen LogP contribution >= 0.6 is 23.2 Å². The Morgan fingerprint density at radius 3 is 2.59 bits per heavy atom. The largest absolute Gasteiger partial charge is 0.319 e. The molecule has 22 heavy (non-hydrogen) atoms. The Morgan fingerprint density at radius 2 is 1.86 bits per heavy atom. The van der Waals surface area contributed by atoms with Gasteiger partial charge in [-0.2, -0.15) is 0 Å². The molecule has 1 aromatic heterocycles. The molecule has 3 rings (SSSR count). The lowest BCUT2D eigenvalue weighted by Crippen LogP contribution is -2.16. The molecule has 110 valence electrons. The summed E-state index contributed by atoms with van der Waals surface area (Å²) < 4.78 is 1.71. The van der Waals surface area contributed by atoms with Gasteiger partial charge in [0.2, 0.25) is 0 Å². The number of aromatic nitrogens is 2. The Kier molecular flexibility index (Phi) is 4.13. The normalized spacial score (nSPS) is 10.5. The lowest BCUT2D eigenvalue weighted by Gasteiger charge is -2.10. The smallest absolute Gasteiger partial charge is 0.274 e. The lowest BCUT2D eigenvalue weighted by molar-refractivity contribution is 0.102. The maximum Gasteiger partial charge on any atom is 0.274 e. The predicted molar refractivity (Wildman–Crippen MR) is 88.0 cm³/mol. The van der Waals surface area contributed by atoms with Crippen LogP contribution in [0.2, 0.25) is 10.0 Å². The van der Waals surface area contributed by atoms with Crippen molar-refractivity contribution in [2.45, 2.75) is 0 Å².